The summed E-state index contributed by atoms with van der Waals surface area (Å²) in [7, 11) is 0. The Morgan fingerprint density at radius 3 is 1.84 bits per heavy atom. The number of aliphatic hydroxyl groups excluding tert-OH is 2. The van der Waals surface area contributed by atoms with Gasteiger partial charge in [0.15, 0.2) is 0 Å². The maximum absolute atomic E-state index is 8.99. The molecule has 6 nitrogen and oxygen atoms in total. The molecular weight excluding hydrogens is 244 g/mol. The fourth-order valence-electron chi connectivity index (χ4n) is 1.45. The molecule has 0 aliphatic carbocycles. The van der Waals surface area contributed by atoms with Crippen LogP contribution in [0.5, 0.6) is 0 Å². The molecule has 0 heterocycles. The van der Waals surface area contributed by atoms with Crippen LogP contribution in [0.4, 0.5) is 5.69 Å². The van der Waals surface area contributed by atoms with E-state index < -0.39 is 0 Å². The Kier molecular flexibility index (Phi) is 5.07. The molecule has 0 aliphatic heterocycles. The quantitative estimate of drug-likeness (QED) is 0.604. The molecule has 0 spiro atoms. The minimum atomic E-state index is -0.349. The highest BCUT2D eigenvalue weighted by Crippen LogP contribution is 2.21. The first-order valence-electron chi connectivity index (χ1n) is 5.23. The first-order valence-corrected chi connectivity index (χ1v) is 5.23. The molecule has 0 amide bonds. The largest absolute Gasteiger partial charge is 0.376 e. The Bertz CT molecular complexity index is 580. The molecule has 0 bridgehead atoms. The number of hydrogen-bond donors (Lipinski definition) is 2. The van der Waals surface area contributed by atoms with Crippen molar-refractivity contribution < 1.29 is 10.2 Å². The lowest BCUT2D eigenvalue weighted by Gasteiger charge is -2.18. The van der Waals surface area contributed by atoms with Crippen molar-refractivity contribution in [1.82, 2.24) is 0 Å². The van der Waals surface area contributed by atoms with Crippen molar-refractivity contribution in [2.24, 2.45) is 0 Å². The van der Waals surface area contributed by atoms with E-state index in [9.17, 15) is 0 Å². The van der Waals surface area contributed by atoms with Crippen molar-refractivity contribution in [2.75, 3.05) is 18.4 Å². The fraction of sp³-hybridized carbons (Fsp3) is 0.154. The molecule has 0 unspecified atom stereocenters. The SMILES string of the molecule is N#CC(C#N)=C(C#N)c1ccc(N(CO)CO)cc1. The number of nitriles is 3. The smallest absolute Gasteiger partial charge is 0.148 e. The van der Waals surface area contributed by atoms with Gasteiger partial charge in [-0.2, -0.15) is 15.8 Å². The number of nitrogens with zero attached hydrogens (tertiary/aromatic N) is 4. The highest BCUT2D eigenvalue weighted by molar-refractivity contribution is 5.84. The maximum atomic E-state index is 8.99. The summed E-state index contributed by atoms with van der Waals surface area (Å²) >= 11 is 0. The molecule has 19 heavy (non-hydrogen) atoms. The van der Waals surface area contributed by atoms with Gasteiger partial charge in [0.1, 0.15) is 37.2 Å². The van der Waals surface area contributed by atoms with Gasteiger partial charge in [0.05, 0.1) is 5.57 Å². The molecule has 0 aromatic heterocycles. The summed E-state index contributed by atoms with van der Waals surface area (Å²) in [6.07, 6.45) is 0. The van der Waals surface area contributed by atoms with Gasteiger partial charge in [-0.3, -0.25) is 0 Å². The minimum absolute atomic E-state index is 0.00361. The van der Waals surface area contributed by atoms with Gasteiger partial charge in [-0.05, 0) is 17.7 Å². The van der Waals surface area contributed by atoms with Gasteiger partial charge < -0.3 is 15.1 Å². The van der Waals surface area contributed by atoms with Crippen molar-refractivity contribution in [1.29, 1.82) is 15.8 Å². The molecule has 0 fully saturated rings. The Hall–Kier alpha value is -2.85. The van der Waals surface area contributed by atoms with E-state index in [2.05, 4.69) is 0 Å². The Labute approximate surface area is 110 Å². The van der Waals surface area contributed by atoms with Crippen LogP contribution < -0.4 is 4.90 Å². The van der Waals surface area contributed by atoms with Crippen LogP contribution in [0.1, 0.15) is 5.56 Å². The number of anilines is 1. The topological polar surface area (TPSA) is 115 Å². The lowest BCUT2D eigenvalue weighted by atomic mass is 10.0. The van der Waals surface area contributed by atoms with E-state index in [0.29, 0.717) is 11.3 Å². The van der Waals surface area contributed by atoms with Crippen molar-refractivity contribution in [3.05, 3.63) is 35.4 Å². The van der Waals surface area contributed by atoms with Crippen LogP contribution in [0.3, 0.4) is 0 Å². The first kappa shape index (κ1) is 14.2. The standard InChI is InChI=1S/C13H10N4O2/c14-5-11(6-15)13(7-16)10-1-3-12(4-2-10)17(8-18)9-19/h1-4,18-19H,8-9H2. The summed E-state index contributed by atoms with van der Waals surface area (Å²) in [4.78, 5) is 1.29. The second-order valence-corrected chi connectivity index (χ2v) is 3.45. The molecule has 6 heteroatoms. The lowest BCUT2D eigenvalue weighted by Crippen LogP contribution is -2.24. The molecule has 0 atom stereocenters. The second kappa shape index (κ2) is 6.78. The molecular formula is C13H10N4O2. The zero-order valence-corrected chi connectivity index (χ0v) is 9.91. The summed E-state index contributed by atoms with van der Waals surface area (Å²) in [5.74, 6) is 0. The van der Waals surface area contributed by atoms with E-state index in [-0.39, 0.29) is 24.6 Å². The van der Waals surface area contributed by atoms with E-state index in [1.54, 1.807) is 36.4 Å². The Balaban J connectivity index is 3.20. The van der Waals surface area contributed by atoms with Gasteiger partial charge in [-0.1, -0.05) is 12.1 Å². The van der Waals surface area contributed by atoms with Crippen LogP contribution in [0, 0.1) is 34.0 Å². The molecule has 0 saturated heterocycles. The minimum Gasteiger partial charge on any atom is -0.376 e. The number of hydrogen-bond acceptors (Lipinski definition) is 6. The number of benzene rings is 1. The van der Waals surface area contributed by atoms with Crippen LogP contribution in [-0.4, -0.2) is 23.7 Å². The summed E-state index contributed by atoms with van der Waals surface area (Å²) in [5.41, 5.74) is 0.731. The van der Waals surface area contributed by atoms with Crippen LogP contribution in [-0.2, 0) is 0 Å². The first-order chi connectivity index (χ1) is 9.21. The van der Waals surface area contributed by atoms with Gasteiger partial charge in [-0.25, -0.2) is 0 Å². The lowest BCUT2D eigenvalue weighted by molar-refractivity contribution is 0.223. The van der Waals surface area contributed by atoms with Crippen molar-refractivity contribution >= 4 is 11.3 Å². The second-order valence-electron chi connectivity index (χ2n) is 3.45. The molecule has 0 aliphatic rings. The van der Waals surface area contributed by atoms with E-state index in [1.807, 2.05) is 6.07 Å². The van der Waals surface area contributed by atoms with Gasteiger partial charge in [0.2, 0.25) is 0 Å². The molecule has 1 rings (SSSR count). The average molecular weight is 254 g/mol. The molecule has 1 aromatic carbocycles. The molecule has 1 aromatic rings. The zero-order chi connectivity index (χ0) is 14.3. The van der Waals surface area contributed by atoms with Crippen LogP contribution in [0.2, 0.25) is 0 Å². The fourth-order valence-corrected chi connectivity index (χ4v) is 1.45. The summed E-state index contributed by atoms with van der Waals surface area (Å²) in [5, 5.41) is 44.5. The van der Waals surface area contributed by atoms with Gasteiger partial charge in [0.25, 0.3) is 0 Å². The van der Waals surface area contributed by atoms with Crippen molar-refractivity contribution in [3.8, 4) is 18.2 Å². The van der Waals surface area contributed by atoms with Gasteiger partial charge >= 0.3 is 0 Å². The normalized spacial score (nSPS) is 8.79. The van der Waals surface area contributed by atoms with Gasteiger partial charge in [-0.15, -0.1) is 0 Å². The number of rotatable bonds is 4. The van der Waals surface area contributed by atoms with E-state index in [0.717, 1.165) is 0 Å². The number of allylic oxidation sites excluding steroid dienone is 2. The average Bonchev–Trinajstić information content (AvgIpc) is 2.47. The van der Waals surface area contributed by atoms with Crippen LogP contribution in [0.15, 0.2) is 29.8 Å². The maximum Gasteiger partial charge on any atom is 0.148 e. The van der Waals surface area contributed by atoms with E-state index in [4.69, 9.17) is 26.0 Å². The molecule has 2 N–H and O–H groups in total. The third-order valence-electron chi connectivity index (χ3n) is 2.45. The van der Waals surface area contributed by atoms with Crippen LogP contribution in [0.25, 0.3) is 5.57 Å². The monoisotopic (exact) mass is 254 g/mol. The zero-order valence-electron chi connectivity index (χ0n) is 9.91. The van der Waals surface area contributed by atoms with Crippen LogP contribution >= 0.6 is 0 Å². The summed E-state index contributed by atoms with van der Waals surface area (Å²) in [6, 6.07) is 11.4. The summed E-state index contributed by atoms with van der Waals surface area (Å²) in [6.45, 7) is -0.698. The highest BCUT2D eigenvalue weighted by Gasteiger charge is 2.09. The molecule has 94 valence electrons. The van der Waals surface area contributed by atoms with E-state index >= 15 is 0 Å². The highest BCUT2D eigenvalue weighted by atomic mass is 16.3. The predicted octanol–water partition coefficient (Wildman–Crippen LogP) is 0.717. The Morgan fingerprint density at radius 1 is 0.947 bits per heavy atom. The third kappa shape index (κ3) is 3.08. The Morgan fingerprint density at radius 2 is 1.47 bits per heavy atom. The van der Waals surface area contributed by atoms with Crippen molar-refractivity contribution in [2.45, 2.75) is 0 Å². The third-order valence-corrected chi connectivity index (χ3v) is 2.45. The van der Waals surface area contributed by atoms with Gasteiger partial charge in [0, 0.05) is 5.69 Å². The van der Waals surface area contributed by atoms with E-state index in [1.165, 1.54) is 4.90 Å². The van der Waals surface area contributed by atoms with Crippen molar-refractivity contribution in [3.63, 3.8) is 0 Å². The molecule has 0 radical (unpaired) electrons. The predicted molar refractivity (Wildman–Crippen MR) is 66.9 cm³/mol. The summed E-state index contributed by atoms with van der Waals surface area (Å²) < 4.78 is 0. The molecule has 0 saturated carbocycles. The number of aliphatic hydroxyl groups is 2.